The lowest BCUT2D eigenvalue weighted by Crippen LogP contribution is -2.33. The largest absolute Gasteiger partial charge is 0.368 e. The van der Waals surface area contributed by atoms with Gasteiger partial charge < -0.3 is 11.1 Å². The highest BCUT2D eigenvalue weighted by Crippen LogP contribution is 2.13. The first kappa shape index (κ1) is 16.4. The first-order valence-corrected chi connectivity index (χ1v) is 7.08. The molecule has 120 valence electrons. The summed E-state index contributed by atoms with van der Waals surface area (Å²) in [6.07, 6.45) is 0.487. The predicted molar refractivity (Wildman–Crippen MR) is 85.1 cm³/mol. The molecule has 1 heterocycles. The predicted octanol–water partition coefficient (Wildman–Crippen LogP) is 0.193. The van der Waals surface area contributed by atoms with Gasteiger partial charge in [0.25, 0.3) is 11.5 Å². The van der Waals surface area contributed by atoms with Gasteiger partial charge in [-0.2, -0.15) is 5.10 Å². The Kier molecular flexibility index (Phi) is 4.90. The van der Waals surface area contributed by atoms with Crippen molar-refractivity contribution in [1.29, 1.82) is 0 Å². The van der Waals surface area contributed by atoms with E-state index in [4.69, 9.17) is 5.73 Å². The minimum atomic E-state index is -0.599. The summed E-state index contributed by atoms with van der Waals surface area (Å²) in [4.78, 5) is 34.2. The fourth-order valence-corrected chi connectivity index (χ4v) is 2.13. The molecule has 7 heteroatoms. The van der Waals surface area contributed by atoms with Crippen LogP contribution in [-0.2, 0) is 11.2 Å². The molecule has 0 saturated heterocycles. The van der Waals surface area contributed by atoms with Gasteiger partial charge in [-0.25, -0.2) is 5.10 Å². The molecule has 0 unspecified atom stereocenters. The Balaban J connectivity index is 2.20. The SMILES string of the molecule is Cc1c(Cc2cccc(C(=O)NCC(N)=O)c2)n[nH]c(=O)c1C. The summed E-state index contributed by atoms with van der Waals surface area (Å²) < 4.78 is 0. The van der Waals surface area contributed by atoms with E-state index >= 15 is 0 Å². The van der Waals surface area contributed by atoms with Gasteiger partial charge in [-0.1, -0.05) is 12.1 Å². The van der Waals surface area contributed by atoms with Gasteiger partial charge in [0.15, 0.2) is 0 Å². The van der Waals surface area contributed by atoms with Gasteiger partial charge in [0.05, 0.1) is 12.2 Å². The lowest BCUT2D eigenvalue weighted by Gasteiger charge is -2.08. The second kappa shape index (κ2) is 6.87. The number of nitrogens with zero attached hydrogens (tertiary/aromatic N) is 1. The molecule has 0 saturated carbocycles. The first-order chi connectivity index (χ1) is 10.9. The van der Waals surface area contributed by atoms with Gasteiger partial charge in [-0.3, -0.25) is 14.4 Å². The maximum atomic E-state index is 11.9. The Hall–Kier alpha value is -2.96. The molecule has 0 atom stereocenters. The molecule has 4 N–H and O–H groups in total. The zero-order valence-electron chi connectivity index (χ0n) is 13.0. The Bertz CT molecular complexity index is 811. The van der Waals surface area contributed by atoms with E-state index in [9.17, 15) is 14.4 Å². The fourth-order valence-electron chi connectivity index (χ4n) is 2.13. The van der Waals surface area contributed by atoms with Crippen LogP contribution in [0, 0.1) is 13.8 Å². The third kappa shape index (κ3) is 4.03. The van der Waals surface area contributed by atoms with Crippen LogP contribution >= 0.6 is 0 Å². The summed E-state index contributed by atoms with van der Waals surface area (Å²) in [5, 5.41) is 8.97. The highest BCUT2D eigenvalue weighted by Gasteiger charge is 2.10. The molecule has 23 heavy (non-hydrogen) atoms. The topological polar surface area (TPSA) is 118 Å². The Labute approximate surface area is 132 Å². The highest BCUT2D eigenvalue weighted by atomic mass is 16.2. The van der Waals surface area contributed by atoms with Crippen LogP contribution in [0.1, 0.15) is 32.7 Å². The molecular formula is C16H18N4O3. The number of nitrogens with two attached hydrogens (primary N) is 1. The van der Waals surface area contributed by atoms with Gasteiger partial charge in [0, 0.05) is 17.5 Å². The third-order valence-electron chi connectivity index (χ3n) is 3.61. The summed E-state index contributed by atoms with van der Waals surface area (Å²) in [5.41, 5.74) is 8.31. The highest BCUT2D eigenvalue weighted by molar-refractivity contribution is 5.96. The number of benzene rings is 1. The van der Waals surface area contributed by atoms with Crippen molar-refractivity contribution < 1.29 is 9.59 Å². The smallest absolute Gasteiger partial charge is 0.267 e. The van der Waals surface area contributed by atoms with Gasteiger partial charge in [-0.15, -0.1) is 0 Å². The molecule has 0 fully saturated rings. The van der Waals surface area contributed by atoms with Crippen LogP contribution in [0.5, 0.6) is 0 Å². The van der Waals surface area contributed by atoms with Crippen molar-refractivity contribution >= 4 is 11.8 Å². The standard InChI is InChI=1S/C16H18N4O3/c1-9-10(2)15(22)20-19-13(9)7-11-4-3-5-12(6-11)16(23)18-8-14(17)21/h3-6H,7-8H2,1-2H3,(H2,17,21)(H,18,23)(H,20,22). The van der Waals surface area contributed by atoms with Gasteiger partial charge in [0.1, 0.15) is 0 Å². The summed E-state index contributed by atoms with van der Waals surface area (Å²) in [6, 6.07) is 6.99. The normalized spacial score (nSPS) is 10.3. The van der Waals surface area contributed by atoms with Crippen molar-refractivity contribution in [3.63, 3.8) is 0 Å². The molecule has 1 aromatic heterocycles. The van der Waals surface area contributed by atoms with Crippen LogP contribution < -0.4 is 16.6 Å². The summed E-state index contributed by atoms with van der Waals surface area (Å²) >= 11 is 0. The molecule has 0 bridgehead atoms. The number of amides is 2. The van der Waals surface area contributed by atoms with Crippen molar-refractivity contribution in [3.8, 4) is 0 Å². The Morgan fingerprint density at radius 2 is 2.00 bits per heavy atom. The molecule has 0 radical (unpaired) electrons. The van der Waals surface area contributed by atoms with E-state index in [1.165, 1.54) is 0 Å². The number of aromatic amines is 1. The van der Waals surface area contributed by atoms with E-state index in [0.717, 1.165) is 16.8 Å². The summed E-state index contributed by atoms with van der Waals surface area (Å²) in [7, 11) is 0. The van der Waals surface area contributed by atoms with E-state index in [-0.39, 0.29) is 18.0 Å². The molecule has 0 aliphatic heterocycles. The lowest BCUT2D eigenvalue weighted by molar-refractivity contribution is -0.117. The van der Waals surface area contributed by atoms with Crippen molar-refractivity contribution in [2.24, 2.45) is 5.73 Å². The number of H-pyrrole nitrogens is 1. The minimum absolute atomic E-state index is 0.203. The Morgan fingerprint density at radius 3 is 2.70 bits per heavy atom. The molecular weight excluding hydrogens is 296 g/mol. The van der Waals surface area contributed by atoms with E-state index in [1.54, 1.807) is 25.1 Å². The zero-order valence-corrected chi connectivity index (χ0v) is 13.0. The van der Waals surface area contributed by atoms with E-state index in [2.05, 4.69) is 15.5 Å². The van der Waals surface area contributed by atoms with Crippen LogP contribution in [0.4, 0.5) is 0 Å². The lowest BCUT2D eigenvalue weighted by atomic mass is 10.0. The second-order valence-corrected chi connectivity index (χ2v) is 5.28. The maximum Gasteiger partial charge on any atom is 0.267 e. The number of hydrogen-bond donors (Lipinski definition) is 3. The van der Waals surface area contributed by atoms with Crippen LogP contribution in [0.3, 0.4) is 0 Å². The summed E-state index contributed by atoms with van der Waals surface area (Å²) in [5.74, 6) is -0.967. The Morgan fingerprint density at radius 1 is 1.26 bits per heavy atom. The van der Waals surface area contributed by atoms with E-state index in [1.807, 2.05) is 13.0 Å². The number of carbonyl (C=O) groups excluding carboxylic acids is 2. The van der Waals surface area contributed by atoms with Crippen LogP contribution in [-0.4, -0.2) is 28.6 Å². The quantitative estimate of drug-likeness (QED) is 0.730. The van der Waals surface area contributed by atoms with Gasteiger partial charge in [0.2, 0.25) is 5.91 Å². The molecule has 2 rings (SSSR count). The molecule has 2 aromatic rings. The van der Waals surface area contributed by atoms with E-state index < -0.39 is 5.91 Å². The van der Waals surface area contributed by atoms with Crippen molar-refractivity contribution in [2.45, 2.75) is 20.3 Å². The van der Waals surface area contributed by atoms with E-state index in [0.29, 0.717) is 17.5 Å². The van der Waals surface area contributed by atoms with Crippen LogP contribution in [0.25, 0.3) is 0 Å². The monoisotopic (exact) mass is 314 g/mol. The number of primary amides is 1. The van der Waals surface area contributed by atoms with Gasteiger partial charge >= 0.3 is 0 Å². The van der Waals surface area contributed by atoms with Crippen LogP contribution in [0.2, 0.25) is 0 Å². The van der Waals surface area contributed by atoms with Crippen molar-refractivity contribution in [2.75, 3.05) is 6.54 Å². The summed E-state index contributed by atoms with van der Waals surface area (Å²) in [6.45, 7) is 3.38. The van der Waals surface area contributed by atoms with Gasteiger partial charge in [-0.05, 0) is 37.1 Å². The zero-order chi connectivity index (χ0) is 17.0. The van der Waals surface area contributed by atoms with Crippen molar-refractivity contribution in [3.05, 3.63) is 62.6 Å². The first-order valence-electron chi connectivity index (χ1n) is 7.08. The minimum Gasteiger partial charge on any atom is -0.368 e. The number of rotatable bonds is 5. The molecule has 2 amide bonds. The fraction of sp³-hybridized carbons (Fsp3) is 0.250. The molecule has 1 aromatic carbocycles. The molecule has 0 aliphatic carbocycles. The van der Waals surface area contributed by atoms with Crippen molar-refractivity contribution in [1.82, 2.24) is 15.5 Å². The number of nitrogens with one attached hydrogen (secondary N) is 2. The molecule has 0 spiro atoms. The average Bonchev–Trinajstić information content (AvgIpc) is 2.53. The molecule has 7 nitrogen and oxygen atoms in total. The maximum absolute atomic E-state index is 11.9. The van der Waals surface area contributed by atoms with Crippen LogP contribution in [0.15, 0.2) is 29.1 Å². The molecule has 0 aliphatic rings. The number of carbonyl (C=O) groups is 2. The average molecular weight is 314 g/mol. The second-order valence-electron chi connectivity index (χ2n) is 5.28. The number of aromatic nitrogens is 2. The number of hydrogen-bond acceptors (Lipinski definition) is 4. The third-order valence-corrected chi connectivity index (χ3v) is 3.61.